The number of ether oxygens (including phenoxy) is 2. The summed E-state index contributed by atoms with van der Waals surface area (Å²) in [5.41, 5.74) is 4.40. The molecular formula is C22H15O4P. The largest absolute Gasteiger partial charge is 0.508 e. The molecule has 0 saturated heterocycles. The number of hydrogen-bond donors (Lipinski definition) is 1. The third kappa shape index (κ3) is 4.76. The van der Waals surface area contributed by atoms with Crippen LogP contribution in [0.4, 0.5) is 0 Å². The van der Waals surface area contributed by atoms with Crippen LogP contribution in [-0.4, -0.2) is 17.1 Å². The van der Waals surface area contributed by atoms with Gasteiger partial charge in [0, 0.05) is 8.20 Å². The molecule has 0 heterocycles. The fourth-order valence-electron chi connectivity index (χ4n) is 2.42. The van der Waals surface area contributed by atoms with E-state index in [0.29, 0.717) is 25.3 Å². The van der Waals surface area contributed by atoms with Crippen LogP contribution in [-0.2, 0) is 0 Å². The van der Waals surface area contributed by atoms with E-state index in [1.807, 2.05) is 12.1 Å². The van der Waals surface area contributed by atoms with Crippen LogP contribution < -0.4 is 9.47 Å². The Labute approximate surface area is 158 Å². The van der Waals surface area contributed by atoms with Gasteiger partial charge in [0.05, 0.1) is 5.56 Å². The Morgan fingerprint density at radius 2 is 1.63 bits per heavy atom. The molecule has 0 unspecified atom stereocenters. The molecule has 0 fully saturated rings. The second-order valence-electron chi connectivity index (χ2n) is 5.43. The molecule has 0 bridgehead atoms. The van der Waals surface area contributed by atoms with E-state index in [0.717, 1.165) is 11.1 Å². The van der Waals surface area contributed by atoms with Gasteiger partial charge in [0.1, 0.15) is 23.2 Å². The quantitative estimate of drug-likeness (QED) is 0.297. The minimum absolute atomic E-state index is 0.167. The number of phenols is 1. The number of rotatable bonds is 5. The molecule has 1 N–H and O–H groups in total. The molecule has 132 valence electrons. The zero-order chi connectivity index (χ0) is 19.1. The van der Waals surface area contributed by atoms with Gasteiger partial charge in [-0.2, -0.15) is 0 Å². The zero-order valence-electron chi connectivity index (χ0n) is 14.2. The van der Waals surface area contributed by atoms with Gasteiger partial charge in [0.25, 0.3) is 0 Å². The van der Waals surface area contributed by atoms with Gasteiger partial charge in [-0.1, -0.05) is 30.3 Å². The number of benzene rings is 3. The normalized spacial score (nSPS) is 10.3. The minimum atomic E-state index is -0.468. The average molecular weight is 374 g/mol. The minimum Gasteiger partial charge on any atom is -0.508 e. The lowest BCUT2D eigenvalue weighted by Gasteiger charge is -2.10. The lowest BCUT2D eigenvalue weighted by Crippen LogP contribution is -2.10. The molecule has 0 aliphatic rings. The summed E-state index contributed by atoms with van der Waals surface area (Å²) >= 11 is 0. The SMILES string of the molecule is C#CP=COc1ccc(OC(=O)c2ccccc2-c2ccc(O)cc2)cc1. The van der Waals surface area contributed by atoms with Crippen molar-refractivity contribution in [3.63, 3.8) is 0 Å². The third-order valence-electron chi connectivity index (χ3n) is 3.68. The number of esters is 1. The van der Waals surface area contributed by atoms with E-state index in [-0.39, 0.29) is 5.75 Å². The number of phenolic OH excluding ortho intramolecular Hbond substituents is 1. The predicted molar refractivity (Wildman–Crippen MR) is 107 cm³/mol. The van der Waals surface area contributed by atoms with Crippen LogP contribution in [0.3, 0.4) is 0 Å². The second kappa shape index (κ2) is 8.71. The fourth-order valence-corrected chi connectivity index (χ4v) is 2.66. The zero-order valence-corrected chi connectivity index (χ0v) is 15.1. The summed E-state index contributed by atoms with van der Waals surface area (Å²) in [5, 5.41) is 9.45. The van der Waals surface area contributed by atoms with E-state index in [4.69, 9.17) is 15.9 Å². The van der Waals surface area contributed by atoms with Crippen molar-refractivity contribution < 1.29 is 19.4 Å². The first kappa shape index (κ1) is 18.3. The monoisotopic (exact) mass is 374 g/mol. The molecule has 4 nitrogen and oxygen atoms in total. The number of terminal acetylenes is 1. The standard InChI is InChI=1S/C22H15O4P/c1-2-27-15-25-18-11-13-19(14-12-18)26-22(24)21-6-4-3-5-20(21)16-7-9-17(23)10-8-16/h1,3-15,23H. The van der Waals surface area contributed by atoms with Gasteiger partial charge in [-0.3, -0.25) is 0 Å². The summed E-state index contributed by atoms with van der Waals surface area (Å²) in [6.07, 6.45) is 5.14. The first-order valence-electron chi connectivity index (χ1n) is 8.02. The number of carbonyl (C=O) groups is 1. The van der Waals surface area contributed by atoms with Gasteiger partial charge in [0.2, 0.25) is 0 Å². The van der Waals surface area contributed by atoms with Gasteiger partial charge < -0.3 is 14.6 Å². The van der Waals surface area contributed by atoms with E-state index >= 15 is 0 Å². The van der Waals surface area contributed by atoms with Crippen molar-refractivity contribution in [3.8, 4) is 40.5 Å². The van der Waals surface area contributed by atoms with Crippen molar-refractivity contribution in [1.82, 2.24) is 0 Å². The Morgan fingerprint density at radius 3 is 2.33 bits per heavy atom. The first-order valence-corrected chi connectivity index (χ1v) is 8.98. The summed E-state index contributed by atoms with van der Waals surface area (Å²) in [5.74, 6) is 2.20. The Balaban J connectivity index is 1.78. The highest BCUT2D eigenvalue weighted by Gasteiger charge is 2.14. The van der Waals surface area contributed by atoms with Gasteiger partial charge in [0.15, 0.2) is 0 Å². The number of aromatic hydroxyl groups is 1. The van der Waals surface area contributed by atoms with Crippen molar-refractivity contribution in [2.45, 2.75) is 0 Å². The first-order chi connectivity index (χ1) is 13.2. The Morgan fingerprint density at radius 1 is 0.963 bits per heavy atom. The van der Waals surface area contributed by atoms with Crippen LogP contribution in [0.5, 0.6) is 17.2 Å². The molecule has 0 aliphatic heterocycles. The van der Waals surface area contributed by atoms with Crippen LogP contribution in [0.15, 0.2) is 72.8 Å². The van der Waals surface area contributed by atoms with Crippen LogP contribution >= 0.6 is 8.20 Å². The molecule has 5 heteroatoms. The molecule has 0 aliphatic carbocycles. The summed E-state index contributed by atoms with van der Waals surface area (Å²) in [4.78, 5) is 12.6. The van der Waals surface area contributed by atoms with Crippen molar-refractivity contribution in [2.24, 2.45) is 0 Å². The van der Waals surface area contributed by atoms with E-state index < -0.39 is 5.97 Å². The van der Waals surface area contributed by atoms with Crippen molar-refractivity contribution in [3.05, 3.63) is 78.4 Å². The fraction of sp³-hybridized carbons (Fsp3) is 0. The van der Waals surface area contributed by atoms with Crippen LogP contribution in [0, 0.1) is 12.1 Å². The van der Waals surface area contributed by atoms with Crippen LogP contribution in [0.1, 0.15) is 10.4 Å². The maximum Gasteiger partial charge on any atom is 0.344 e. The van der Waals surface area contributed by atoms with Crippen LogP contribution in [0.25, 0.3) is 11.1 Å². The van der Waals surface area contributed by atoms with Crippen molar-refractivity contribution in [1.29, 1.82) is 0 Å². The lowest BCUT2D eigenvalue weighted by molar-refractivity contribution is 0.0735. The maximum atomic E-state index is 12.6. The van der Waals surface area contributed by atoms with E-state index in [9.17, 15) is 9.90 Å². The van der Waals surface area contributed by atoms with Gasteiger partial charge in [-0.05, 0) is 59.3 Å². The Kier molecular flexibility index (Phi) is 5.89. The molecule has 3 aromatic carbocycles. The molecule has 27 heavy (non-hydrogen) atoms. The second-order valence-corrected chi connectivity index (χ2v) is 6.16. The molecular weight excluding hydrogens is 359 g/mol. The van der Waals surface area contributed by atoms with E-state index in [1.54, 1.807) is 60.7 Å². The van der Waals surface area contributed by atoms with Gasteiger partial charge in [-0.15, -0.1) is 6.42 Å². The highest BCUT2D eigenvalue weighted by atomic mass is 31.1. The summed E-state index contributed by atoms with van der Waals surface area (Å²) < 4.78 is 10.8. The van der Waals surface area contributed by atoms with Crippen molar-refractivity contribution in [2.75, 3.05) is 0 Å². The highest BCUT2D eigenvalue weighted by molar-refractivity contribution is 7.43. The topological polar surface area (TPSA) is 55.8 Å². The molecule has 0 amide bonds. The third-order valence-corrected chi connectivity index (χ3v) is 4.04. The molecule has 0 aromatic heterocycles. The number of carbonyl (C=O) groups excluding carboxylic acids is 1. The predicted octanol–water partition coefficient (Wildman–Crippen LogP) is 4.95. The maximum absolute atomic E-state index is 12.6. The van der Waals surface area contributed by atoms with Gasteiger partial charge >= 0.3 is 5.97 Å². The Hall–Kier alpha value is -3.54. The van der Waals surface area contributed by atoms with Crippen molar-refractivity contribution >= 4 is 20.2 Å². The lowest BCUT2D eigenvalue weighted by atomic mass is 10.00. The summed E-state index contributed by atoms with van der Waals surface area (Å²) in [6, 6.07) is 20.5. The highest BCUT2D eigenvalue weighted by Crippen LogP contribution is 2.27. The smallest absolute Gasteiger partial charge is 0.344 e. The summed E-state index contributed by atoms with van der Waals surface area (Å²) in [7, 11) is 0.637. The molecule has 0 spiro atoms. The molecule has 0 atom stereocenters. The molecule has 0 saturated carbocycles. The van der Waals surface area contributed by atoms with Gasteiger partial charge in [-0.25, -0.2) is 4.79 Å². The number of hydrogen-bond acceptors (Lipinski definition) is 4. The average Bonchev–Trinajstić information content (AvgIpc) is 2.70. The van der Waals surface area contributed by atoms with Crippen LogP contribution in [0.2, 0.25) is 0 Å². The van der Waals surface area contributed by atoms with E-state index in [2.05, 4.69) is 5.66 Å². The van der Waals surface area contributed by atoms with E-state index in [1.165, 1.54) is 5.98 Å². The summed E-state index contributed by atoms with van der Waals surface area (Å²) in [6.45, 7) is 0. The Bertz CT molecular complexity index is 1000. The molecule has 0 radical (unpaired) electrons. The molecule has 3 aromatic rings. The molecule has 3 rings (SSSR count).